The van der Waals surface area contributed by atoms with Crippen LogP contribution in [0.3, 0.4) is 0 Å². The minimum atomic E-state index is -0.617. The first-order chi connectivity index (χ1) is 17.6. The molecule has 3 aromatic carbocycles. The van der Waals surface area contributed by atoms with Gasteiger partial charge in [-0.1, -0.05) is 38.1 Å². The smallest absolute Gasteiger partial charge is 0.306 e. The van der Waals surface area contributed by atoms with Gasteiger partial charge in [0.05, 0.1) is 6.42 Å². The van der Waals surface area contributed by atoms with Gasteiger partial charge >= 0.3 is 5.97 Å². The van der Waals surface area contributed by atoms with E-state index in [1.165, 1.54) is 0 Å². The van der Waals surface area contributed by atoms with Crippen molar-refractivity contribution in [2.45, 2.75) is 53.4 Å². The number of carbonyl (C=O) groups is 3. The number of anilines is 2. The van der Waals surface area contributed by atoms with Crippen LogP contribution in [0, 0.1) is 20.8 Å². The predicted molar refractivity (Wildman–Crippen MR) is 145 cm³/mol. The lowest BCUT2D eigenvalue weighted by Gasteiger charge is -2.15. The molecule has 0 heterocycles. The fourth-order valence-corrected chi connectivity index (χ4v) is 3.65. The van der Waals surface area contributed by atoms with E-state index in [1.807, 2.05) is 45.0 Å². The lowest BCUT2D eigenvalue weighted by molar-refractivity contribution is -0.147. The van der Waals surface area contributed by atoms with Crippen molar-refractivity contribution in [3.8, 4) is 11.5 Å². The molecule has 3 rings (SSSR count). The van der Waals surface area contributed by atoms with Crippen molar-refractivity contribution in [2.75, 3.05) is 17.2 Å². The highest BCUT2D eigenvalue weighted by Gasteiger charge is 2.13. The SMILES string of the molecule is Cc1ccc(C)c(NC(=O)COC(=O)CCC(=O)Nc2ccc(Oc3cc(C)ccc3C(C)C)cc2)c1. The molecule has 0 aromatic heterocycles. The van der Waals surface area contributed by atoms with Crippen LogP contribution in [-0.2, 0) is 19.1 Å². The molecule has 3 aromatic rings. The molecule has 0 aliphatic rings. The zero-order chi connectivity index (χ0) is 26.9. The summed E-state index contributed by atoms with van der Waals surface area (Å²) in [5.41, 5.74) is 5.43. The number of aryl methyl sites for hydroxylation is 3. The van der Waals surface area contributed by atoms with E-state index in [0.717, 1.165) is 28.0 Å². The molecule has 7 heteroatoms. The minimum Gasteiger partial charge on any atom is -0.457 e. The Morgan fingerprint density at radius 3 is 2.16 bits per heavy atom. The van der Waals surface area contributed by atoms with Gasteiger partial charge in [0.2, 0.25) is 5.91 Å². The third kappa shape index (κ3) is 8.49. The van der Waals surface area contributed by atoms with Gasteiger partial charge in [-0.2, -0.15) is 0 Å². The number of hydrogen-bond acceptors (Lipinski definition) is 5. The molecule has 0 saturated heterocycles. The number of carbonyl (C=O) groups excluding carboxylic acids is 3. The van der Waals surface area contributed by atoms with E-state index in [4.69, 9.17) is 9.47 Å². The van der Waals surface area contributed by atoms with Crippen LogP contribution in [0.25, 0.3) is 0 Å². The van der Waals surface area contributed by atoms with Gasteiger partial charge in [-0.3, -0.25) is 14.4 Å². The molecule has 2 amide bonds. The van der Waals surface area contributed by atoms with Crippen LogP contribution in [0.2, 0.25) is 0 Å². The highest BCUT2D eigenvalue weighted by molar-refractivity contribution is 5.95. The molecule has 0 bridgehead atoms. The number of rotatable bonds is 10. The van der Waals surface area contributed by atoms with E-state index in [0.29, 0.717) is 23.0 Å². The normalized spacial score (nSPS) is 10.6. The van der Waals surface area contributed by atoms with Gasteiger partial charge in [-0.05, 0) is 85.3 Å². The quantitative estimate of drug-likeness (QED) is 0.312. The maximum Gasteiger partial charge on any atom is 0.306 e. The fraction of sp³-hybridized carbons (Fsp3) is 0.300. The van der Waals surface area contributed by atoms with Gasteiger partial charge < -0.3 is 20.1 Å². The summed E-state index contributed by atoms with van der Waals surface area (Å²) in [5, 5.41) is 5.48. The molecular weight excluding hydrogens is 468 g/mol. The molecular formula is C30H34N2O5. The van der Waals surface area contributed by atoms with Gasteiger partial charge in [0.1, 0.15) is 11.5 Å². The molecule has 0 fully saturated rings. The molecule has 0 aliphatic heterocycles. The van der Waals surface area contributed by atoms with E-state index in [2.05, 4.69) is 36.6 Å². The Morgan fingerprint density at radius 2 is 1.46 bits per heavy atom. The molecule has 0 atom stereocenters. The van der Waals surface area contributed by atoms with Crippen molar-refractivity contribution < 1.29 is 23.9 Å². The van der Waals surface area contributed by atoms with Crippen molar-refractivity contribution in [3.05, 3.63) is 82.9 Å². The molecule has 0 spiro atoms. The standard InChI is InChI=1S/C30H34N2O5/c1-19(2)25-13-7-21(4)17-27(25)37-24-11-9-23(10-12-24)31-28(33)14-15-30(35)36-18-29(34)32-26-16-20(3)6-8-22(26)5/h6-13,16-17,19H,14-15,18H2,1-5H3,(H,31,33)(H,32,34). The highest BCUT2D eigenvalue weighted by Crippen LogP contribution is 2.32. The summed E-state index contributed by atoms with van der Waals surface area (Å²) in [6.07, 6.45) is -0.189. The molecule has 7 nitrogen and oxygen atoms in total. The lowest BCUT2D eigenvalue weighted by atomic mass is 10.0. The number of benzene rings is 3. The number of ether oxygens (including phenoxy) is 2. The predicted octanol–water partition coefficient (Wildman–Crippen LogP) is 6.43. The maximum absolute atomic E-state index is 12.3. The Kier molecular flexibility index (Phi) is 9.44. The molecule has 0 aliphatic carbocycles. The van der Waals surface area contributed by atoms with Crippen molar-refractivity contribution in [2.24, 2.45) is 0 Å². The second kappa shape index (κ2) is 12.7. The van der Waals surface area contributed by atoms with Gasteiger partial charge in [0, 0.05) is 17.8 Å². The third-order valence-corrected chi connectivity index (χ3v) is 5.74. The summed E-state index contributed by atoms with van der Waals surface area (Å²) < 4.78 is 11.1. The Hall–Kier alpha value is -4.13. The third-order valence-electron chi connectivity index (χ3n) is 5.74. The summed E-state index contributed by atoms with van der Waals surface area (Å²) in [6.45, 7) is 9.66. The van der Waals surface area contributed by atoms with E-state index < -0.39 is 18.5 Å². The average molecular weight is 503 g/mol. The molecule has 194 valence electrons. The molecule has 0 radical (unpaired) electrons. The van der Waals surface area contributed by atoms with Crippen LogP contribution in [0.1, 0.15) is 54.9 Å². The van der Waals surface area contributed by atoms with E-state index in [-0.39, 0.29) is 18.7 Å². The van der Waals surface area contributed by atoms with Crippen LogP contribution in [0.4, 0.5) is 11.4 Å². The monoisotopic (exact) mass is 502 g/mol. The first-order valence-electron chi connectivity index (χ1n) is 12.3. The van der Waals surface area contributed by atoms with Gasteiger partial charge in [0.25, 0.3) is 5.91 Å². The lowest BCUT2D eigenvalue weighted by Crippen LogP contribution is -2.22. The van der Waals surface area contributed by atoms with Crippen molar-refractivity contribution in [1.29, 1.82) is 0 Å². The first kappa shape index (κ1) is 27.5. The second-order valence-electron chi connectivity index (χ2n) is 9.40. The maximum atomic E-state index is 12.3. The zero-order valence-corrected chi connectivity index (χ0v) is 22.0. The highest BCUT2D eigenvalue weighted by atomic mass is 16.5. The van der Waals surface area contributed by atoms with Crippen LogP contribution in [-0.4, -0.2) is 24.4 Å². The second-order valence-corrected chi connectivity index (χ2v) is 9.40. The Labute approximate surface area is 218 Å². The average Bonchev–Trinajstić information content (AvgIpc) is 2.85. The van der Waals surface area contributed by atoms with Crippen molar-refractivity contribution >= 4 is 29.2 Å². The van der Waals surface area contributed by atoms with E-state index >= 15 is 0 Å². The summed E-state index contributed by atoms with van der Waals surface area (Å²) in [7, 11) is 0. The van der Waals surface area contributed by atoms with Crippen molar-refractivity contribution in [3.63, 3.8) is 0 Å². The molecule has 0 saturated carbocycles. The van der Waals surface area contributed by atoms with Gasteiger partial charge in [-0.15, -0.1) is 0 Å². The summed E-state index contributed by atoms with van der Waals surface area (Å²) >= 11 is 0. The van der Waals surface area contributed by atoms with Gasteiger partial charge in [-0.25, -0.2) is 0 Å². The number of amides is 2. The number of esters is 1. The topological polar surface area (TPSA) is 93.7 Å². The molecule has 0 unspecified atom stereocenters. The fourth-order valence-electron chi connectivity index (χ4n) is 3.65. The summed E-state index contributed by atoms with van der Waals surface area (Å²) in [5.74, 6) is 0.425. The summed E-state index contributed by atoms with van der Waals surface area (Å²) in [4.78, 5) is 36.4. The van der Waals surface area contributed by atoms with Crippen LogP contribution >= 0.6 is 0 Å². The minimum absolute atomic E-state index is 0.0588. The Bertz CT molecular complexity index is 1270. The van der Waals surface area contributed by atoms with Crippen molar-refractivity contribution in [1.82, 2.24) is 0 Å². The van der Waals surface area contributed by atoms with E-state index in [1.54, 1.807) is 24.3 Å². The van der Waals surface area contributed by atoms with Crippen LogP contribution in [0.5, 0.6) is 11.5 Å². The number of nitrogens with one attached hydrogen (secondary N) is 2. The largest absolute Gasteiger partial charge is 0.457 e. The molecule has 2 N–H and O–H groups in total. The number of hydrogen-bond donors (Lipinski definition) is 2. The van der Waals surface area contributed by atoms with E-state index in [9.17, 15) is 14.4 Å². The van der Waals surface area contributed by atoms with Crippen LogP contribution < -0.4 is 15.4 Å². The zero-order valence-electron chi connectivity index (χ0n) is 22.0. The summed E-state index contributed by atoms with van der Waals surface area (Å²) in [6, 6.07) is 18.9. The van der Waals surface area contributed by atoms with Crippen LogP contribution in [0.15, 0.2) is 60.7 Å². The molecule has 37 heavy (non-hydrogen) atoms. The Balaban J connectivity index is 1.43. The first-order valence-corrected chi connectivity index (χ1v) is 12.3. The Morgan fingerprint density at radius 1 is 0.784 bits per heavy atom. The van der Waals surface area contributed by atoms with Gasteiger partial charge in [0.15, 0.2) is 6.61 Å².